The van der Waals surface area contributed by atoms with E-state index in [0.29, 0.717) is 23.0 Å². The zero-order chi connectivity index (χ0) is 28.5. The van der Waals surface area contributed by atoms with Gasteiger partial charge in [0.15, 0.2) is 0 Å². The minimum absolute atomic E-state index is 0.197. The molecule has 0 radical (unpaired) electrons. The van der Waals surface area contributed by atoms with E-state index in [1.54, 1.807) is 0 Å². The van der Waals surface area contributed by atoms with Crippen LogP contribution in [0.25, 0.3) is 0 Å². The molecule has 0 heterocycles. The van der Waals surface area contributed by atoms with Gasteiger partial charge in [0, 0.05) is 6.54 Å². The Balaban J connectivity index is 2.21. The van der Waals surface area contributed by atoms with Crippen LogP contribution in [0.15, 0.2) is 54.6 Å². The lowest BCUT2D eigenvalue weighted by Gasteiger charge is -2.42. The summed E-state index contributed by atoms with van der Waals surface area (Å²) < 4.78 is 17.8. The molecule has 0 aliphatic rings. The fourth-order valence-electron chi connectivity index (χ4n) is 5.21. The van der Waals surface area contributed by atoms with E-state index in [1.165, 1.54) is 0 Å². The molecule has 0 saturated carbocycles. The van der Waals surface area contributed by atoms with Crippen molar-refractivity contribution in [1.82, 2.24) is 5.32 Å². The van der Waals surface area contributed by atoms with Crippen molar-refractivity contribution in [1.29, 1.82) is 0 Å². The molecule has 1 N–H and O–H groups in total. The molecule has 7 heteroatoms. The summed E-state index contributed by atoms with van der Waals surface area (Å²) in [5.41, 5.74) is 2.54. The van der Waals surface area contributed by atoms with E-state index in [9.17, 15) is 9.59 Å². The van der Waals surface area contributed by atoms with E-state index in [-0.39, 0.29) is 19.1 Å². The van der Waals surface area contributed by atoms with Crippen molar-refractivity contribution in [2.75, 3.05) is 6.54 Å². The largest absolute Gasteiger partial charge is 0.543 e. The summed E-state index contributed by atoms with van der Waals surface area (Å²) >= 11 is 0. The second-order valence-electron chi connectivity index (χ2n) is 11.9. The molecule has 0 aromatic heterocycles. The number of hydrogen-bond donors (Lipinski definition) is 1. The third-order valence-corrected chi connectivity index (χ3v) is 12.9. The van der Waals surface area contributed by atoms with Crippen molar-refractivity contribution in [3.8, 4) is 5.75 Å². The summed E-state index contributed by atoms with van der Waals surface area (Å²) in [5.74, 6) is -0.0337. The topological polar surface area (TPSA) is 73.9 Å². The van der Waals surface area contributed by atoms with Gasteiger partial charge in [-0.3, -0.25) is 4.79 Å². The Bertz CT molecular complexity index is 991. The highest BCUT2D eigenvalue weighted by molar-refractivity contribution is 6.78. The highest BCUT2D eigenvalue weighted by Gasteiger charge is 2.47. The van der Waals surface area contributed by atoms with Gasteiger partial charge in [0.05, 0.1) is 5.92 Å². The van der Waals surface area contributed by atoms with Gasteiger partial charge in [0.1, 0.15) is 18.0 Å². The van der Waals surface area contributed by atoms with Gasteiger partial charge in [-0.15, -0.1) is 0 Å². The second kappa shape index (κ2) is 13.8. The number of benzene rings is 2. The van der Waals surface area contributed by atoms with E-state index in [2.05, 4.69) is 46.9 Å². The summed E-state index contributed by atoms with van der Waals surface area (Å²) in [6.07, 6.45) is -0.120. The first kappa shape index (κ1) is 31.4. The Morgan fingerprint density at radius 2 is 1.39 bits per heavy atom. The molecule has 2 rings (SSSR count). The van der Waals surface area contributed by atoms with E-state index < -0.39 is 25.9 Å². The molecule has 1 atom stereocenters. The predicted octanol–water partition coefficient (Wildman–Crippen LogP) is 7.98. The number of rotatable bonds is 12. The van der Waals surface area contributed by atoms with Crippen LogP contribution < -0.4 is 9.74 Å². The Labute approximate surface area is 230 Å². The molecule has 0 spiro atoms. The minimum atomic E-state index is -2.09. The minimum Gasteiger partial charge on any atom is -0.543 e. The predicted molar refractivity (Wildman–Crippen MR) is 156 cm³/mol. The number of ether oxygens (including phenoxy) is 2. The van der Waals surface area contributed by atoms with E-state index >= 15 is 0 Å². The van der Waals surface area contributed by atoms with Crippen molar-refractivity contribution >= 4 is 20.4 Å². The first-order valence-corrected chi connectivity index (χ1v) is 15.9. The fourth-order valence-corrected chi connectivity index (χ4v) is 10.5. The number of alkyl carbamates (subject to hydrolysis) is 1. The van der Waals surface area contributed by atoms with Crippen molar-refractivity contribution in [3.63, 3.8) is 0 Å². The maximum absolute atomic E-state index is 13.2. The van der Waals surface area contributed by atoms with Gasteiger partial charge in [-0.2, -0.15) is 0 Å². The molecule has 38 heavy (non-hydrogen) atoms. The van der Waals surface area contributed by atoms with Crippen LogP contribution in [0.1, 0.15) is 85.8 Å². The zero-order valence-electron chi connectivity index (χ0n) is 24.7. The molecular weight excluding hydrogens is 494 g/mol. The average molecular weight is 542 g/mol. The number of amides is 1. The highest BCUT2D eigenvalue weighted by Crippen LogP contribution is 2.42. The summed E-state index contributed by atoms with van der Waals surface area (Å²) in [7, 11) is -2.09. The van der Waals surface area contributed by atoms with Crippen LogP contribution >= 0.6 is 0 Å². The summed E-state index contributed by atoms with van der Waals surface area (Å²) in [6, 6.07) is 17.4. The number of nitrogens with one attached hydrogen (secondary N) is 1. The third-order valence-electron chi connectivity index (χ3n) is 6.89. The first-order valence-electron chi connectivity index (χ1n) is 13.7. The fraction of sp³-hybridized carbons (Fsp3) is 0.548. The molecule has 0 aliphatic carbocycles. The maximum atomic E-state index is 13.2. The summed E-state index contributed by atoms with van der Waals surface area (Å²) in [6.45, 7) is 19.5. The van der Waals surface area contributed by atoms with Crippen LogP contribution in [0.2, 0.25) is 16.6 Å². The second-order valence-corrected chi connectivity index (χ2v) is 17.2. The number of carbonyl (C=O) groups excluding carboxylic acids is 2. The molecule has 0 aliphatic heterocycles. The zero-order valence-corrected chi connectivity index (χ0v) is 25.7. The standard InChI is InChI=1S/C31H47NO5Si/c1-22(2)38(23(3)4,24(5)6)37-27-17-15-26(16-18-27)28(19-20-32-30(34)36-31(7,8)9)29(33)35-21-25-13-11-10-12-14-25/h10-18,22-24,28H,19-21H2,1-9H3,(H,32,34). The molecule has 0 fully saturated rings. The average Bonchev–Trinajstić information content (AvgIpc) is 2.83. The molecule has 2 aromatic carbocycles. The number of carbonyl (C=O) groups is 2. The van der Waals surface area contributed by atoms with E-state index in [1.807, 2.05) is 75.4 Å². The van der Waals surface area contributed by atoms with E-state index in [4.69, 9.17) is 13.9 Å². The maximum Gasteiger partial charge on any atom is 0.407 e. The van der Waals surface area contributed by atoms with Crippen LogP contribution in [0.4, 0.5) is 4.79 Å². The smallest absolute Gasteiger partial charge is 0.407 e. The molecule has 210 valence electrons. The summed E-state index contributed by atoms with van der Waals surface area (Å²) in [4.78, 5) is 25.4. The molecule has 2 aromatic rings. The molecule has 1 unspecified atom stereocenters. The van der Waals surface area contributed by atoms with Gasteiger partial charge >= 0.3 is 12.1 Å². The van der Waals surface area contributed by atoms with Gasteiger partial charge in [0.25, 0.3) is 8.32 Å². The summed E-state index contributed by atoms with van der Waals surface area (Å²) in [5, 5.41) is 2.76. The van der Waals surface area contributed by atoms with Crippen LogP contribution in [0, 0.1) is 0 Å². The molecule has 0 saturated heterocycles. The quantitative estimate of drug-likeness (QED) is 0.218. The van der Waals surface area contributed by atoms with Crippen molar-refractivity contribution in [3.05, 3.63) is 65.7 Å². The van der Waals surface area contributed by atoms with Crippen LogP contribution in [0.5, 0.6) is 5.75 Å². The third kappa shape index (κ3) is 8.90. The van der Waals surface area contributed by atoms with Crippen molar-refractivity contribution in [2.24, 2.45) is 0 Å². The monoisotopic (exact) mass is 541 g/mol. The molecule has 1 amide bonds. The Morgan fingerprint density at radius 1 is 0.842 bits per heavy atom. The van der Waals surface area contributed by atoms with Gasteiger partial charge in [-0.05, 0) is 67.1 Å². The van der Waals surface area contributed by atoms with Gasteiger partial charge in [0.2, 0.25) is 0 Å². The SMILES string of the molecule is CC(C)[Si](Oc1ccc(C(CCNC(=O)OC(C)(C)C)C(=O)OCc2ccccc2)cc1)(C(C)C)C(C)C. The van der Waals surface area contributed by atoms with Crippen molar-refractivity contribution < 1.29 is 23.5 Å². The molecule has 0 bridgehead atoms. The van der Waals surface area contributed by atoms with Crippen LogP contribution in [-0.2, 0) is 20.9 Å². The Kier molecular flexibility index (Phi) is 11.4. The van der Waals surface area contributed by atoms with Crippen LogP contribution in [0.3, 0.4) is 0 Å². The first-order chi connectivity index (χ1) is 17.8. The number of esters is 1. The van der Waals surface area contributed by atoms with Gasteiger partial charge < -0.3 is 19.2 Å². The Hall–Kier alpha value is -2.80. The van der Waals surface area contributed by atoms with E-state index in [0.717, 1.165) is 16.9 Å². The Morgan fingerprint density at radius 3 is 1.89 bits per heavy atom. The lowest BCUT2D eigenvalue weighted by molar-refractivity contribution is -0.147. The molecule has 6 nitrogen and oxygen atoms in total. The molecular formula is C31H47NO5Si. The van der Waals surface area contributed by atoms with Crippen molar-refractivity contribution in [2.45, 2.75) is 103 Å². The lowest BCUT2D eigenvalue weighted by atomic mass is 9.95. The highest BCUT2D eigenvalue weighted by atomic mass is 28.4. The number of hydrogen-bond acceptors (Lipinski definition) is 5. The van der Waals surface area contributed by atoms with Crippen LogP contribution in [-0.4, -0.2) is 32.5 Å². The normalized spacial score (nSPS) is 12.9. The lowest BCUT2D eigenvalue weighted by Crippen LogP contribution is -2.50. The van der Waals surface area contributed by atoms with Gasteiger partial charge in [-0.1, -0.05) is 84.0 Å². The van der Waals surface area contributed by atoms with Gasteiger partial charge in [-0.25, -0.2) is 4.79 Å².